The summed E-state index contributed by atoms with van der Waals surface area (Å²) in [5, 5.41) is 0. The molecule has 0 aliphatic heterocycles. The molecule has 0 bridgehead atoms. The lowest BCUT2D eigenvalue weighted by Gasteiger charge is -2.15. The first kappa shape index (κ1) is 24.6. The third kappa shape index (κ3) is 4.46. The van der Waals surface area contributed by atoms with Crippen molar-refractivity contribution in [2.24, 2.45) is 0 Å². The molecular formula is C39H27NO. The summed E-state index contributed by atoms with van der Waals surface area (Å²) >= 11 is 0. The molecule has 7 rings (SSSR count). The molecule has 0 aliphatic rings. The number of carbonyl (C=O) groups is 1. The smallest absolute Gasteiger partial charge is 0.195 e. The molecule has 194 valence electrons. The van der Waals surface area contributed by atoms with Gasteiger partial charge >= 0.3 is 0 Å². The Morgan fingerprint density at radius 3 is 1.46 bits per heavy atom. The van der Waals surface area contributed by atoms with Crippen molar-refractivity contribution in [3.63, 3.8) is 0 Å². The Morgan fingerprint density at radius 1 is 0.439 bits per heavy atom. The van der Waals surface area contributed by atoms with E-state index in [9.17, 15) is 4.79 Å². The van der Waals surface area contributed by atoms with Crippen LogP contribution in [0.4, 0.5) is 0 Å². The second kappa shape index (κ2) is 10.6. The number of ketones is 1. The Kier molecular flexibility index (Phi) is 6.35. The van der Waals surface area contributed by atoms with E-state index in [2.05, 4.69) is 101 Å². The van der Waals surface area contributed by atoms with Gasteiger partial charge in [-0.1, -0.05) is 152 Å². The van der Waals surface area contributed by atoms with E-state index in [-0.39, 0.29) is 5.78 Å². The van der Waals surface area contributed by atoms with E-state index in [1.165, 1.54) is 0 Å². The third-order valence-electron chi connectivity index (χ3n) is 7.58. The van der Waals surface area contributed by atoms with Gasteiger partial charge in [-0.15, -0.1) is 0 Å². The van der Waals surface area contributed by atoms with Gasteiger partial charge in [-0.05, 0) is 39.9 Å². The van der Waals surface area contributed by atoms with E-state index in [0.29, 0.717) is 11.1 Å². The van der Waals surface area contributed by atoms with Crippen molar-refractivity contribution in [3.8, 4) is 44.8 Å². The molecule has 0 N–H and O–H groups in total. The van der Waals surface area contributed by atoms with Gasteiger partial charge in [0, 0.05) is 11.1 Å². The van der Waals surface area contributed by atoms with E-state index in [1.54, 1.807) is 0 Å². The first-order valence-corrected chi connectivity index (χ1v) is 13.8. The predicted molar refractivity (Wildman–Crippen MR) is 169 cm³/mol. The largest absolute Gasteiger partial charge is 0.308 e. The maximum Gasteiger partial charge on any atom is 0.195 e. The highest BCUT2D eigenvalue weighted by atomic mass is 16.1. The molecule has 0 fully saturated rings. The van der Waals surface area contributed by atoms with E-state index in [1.807, 2.05) is 66.7 Å². The Hall–Kier alpha value is -5.47. The van der Waals surface area contributed by atoms with Gasteiger partial charge in [0.1, 0.15) is 0 Å². The van der Waals surface area contributed by atoms with Crippen molar-refractivity contribution in [1.82, 2.24) is 4.40 Å². The van der Waals surface area contributed by atoms with Gasteiger partial charge in [-0.3, -0.25) is 4.79 Å². The molecular weight excluding hydrogens is 498 g/mol. The van der Waals surface area contributed by atoms with Gasteiger partial charge in [0.15, 0.2) is 5.78 Å². The van der Waals surface area contributed by atoms with Crippen LogP contribution in [0.25, 0.3) is 50.3 Å². The lowest BCUT2D eigenvalue weighted by Crippen LogP contribution is -2.03. The maximum absolute atomic E-state index is 14.6. The molecule has 0 atom stereocenters. The summed E-state index contributed by atoms with van der Waals surface area (Å²) < 4.78 is 2.29. The average molecular weight is 526 g/mol. The van der Waals surface area contributed by atoms with E-state index in [4.69, 9.17) is 0 Å². The van der Waals surface area contributed by atoms with Gasteiger partial charge in [0.25, 0.3) is 0 Å². The van der Waals surface area contributed by atoms with Crippen molar-refractivity contribution >= 4 is 11.3 Å². The molecule has 41 heavy (non-hydrogen) atoms. The molecule has 0 spiro atoms. The normalized spacial score (nSPS) is 11.0. The fraction of sp³-hybridized carbons (Fsp3) is 0. The third-order valence-corrected chi connectivity index (χ3v) is 7.58. The second-order valence-electron chi connectivity index (χ2n) is 10.1. The van der Waals surface area contributed by atoms with Crippen LogP contribution in [0.15, 0.2) is 164 Å². The van der Waals surface area contributed by atoms with E-state index >= 15 is 0 Å². The van der Waals surface area contributed by atoms with Gasteiger partial charge in [0.05, 0.1) is 22.5 Å². The Labute approximate surface area is 239 Å². The molecule has 5 aromatic carbocycles. The first-order chi connectivity index (χ1) is 20.3. The highest BCUT2D eigenvalue weighted by molar-refractivity contribution is 6.20. The molecule has 0 radical (unpaired) electrons. The topological polar surface area (TPSA) is 21.5 Å². The zero-order valence-corrected chi connectivity index (χ0v) is 22.4. The number of benzene rings is 5. The predicted octanol–water partition coefficient (Wildman–Crippen LogP) is 9.84. The molecule has 2 heterocycles. The summed E-state index contributed by atoms with van der Waals surface area (Å²) in [6, 6.07) is 55.6. The molecule has 7 aromatic rings. The van der Waals surface area contributed by atoms with Crippen LogP contribution in [0, 0.1) is 0 Å². The van der Waals surface area contributed by atoms with Crippen LogP contribution in [0.1, 0.15) is 15.9 Å². The van der Waals surface area contributed by atoms with Crippen LogP contribution in [0.5, 0.6) is 0 Å². The van der Waals surface area contributed by atoms with Gasteiger partial charge < -0.3 is 4.40 Å². The first-order valence-electron chi connectivity index (χ1n) is 13.8. The van der Waals surface area contributed by atoms with Crippen LogP contribution in [-0.4, -0.2) is 10.2 Å². The number of hydrogen-bond acceptors (Lipinski definition) is 1. The number of nitrogens with zero attached hydrogens (tertiary/aromatic N) is 1. The summed E-state index contributed by atoms with van der Waals surface area (Å²) in [5.74, 6) is 0.00774. The number of hydrogen-bond donors (Lipinski definition) is 0. The molecule has 2 heteroatoms. The second-order valence-corrected chi connectivity index (χ2v) is 10.1. The monoisotopic (exact) mass is 525 g/mol. The van der Waals surface area contributed by atoms with Crippen molar-refractivity contribution < 1.29 is 4.79 Å². The lowest BCUT2D eigenvalue weighted by molar-refractivity contribution is 0.104. The number of aromatic nitrogens is 1. The zero-order chi connectivity index (χ0) is 27.6. The Balaban J connectivity index is 1.70. The highest BCUT2D eigenvalue weighted by Gasteiger charge is 2.28. The van der Waals surface area contributed by atoms with Gasteiger partial charge in [-0.25, -0.2) is 0 Å². The van der Waals surface area contributed by atoms with Gasteiger partial charge in [-0.2, -0.15) is 0 Å². The Morgan fingerprint density at radius 2 is 0.902 bits per heavy atom. The minimum atomic E-state index is 0.00774. The van der Waals surface area contributed by atoms with E-state index < -0.39 is 0 Å². The van der Waals surface area contributed by atoms with Crippen molar-refractivity contribution in [2.75, 3.05) is 0 Å². The van der Waals surface area contributed by atoms with E-state index in [0.717, 1.165) is 50.3 Å². The summed E-state index contributed by atoms with van der Waals surface area (Å²) in [5.41, 5.74) is 10.6. The summed E-state index contributed by atoms with van der Waals surface area (Å²) in [7, 11) is 0. The number of pyridine rings is 1. The zero-order valence-electron chi connectivity index (χ0n) is 22.4. The summed E-state index contributed by atoms with van der Waals surface area (Å²) in [6.07, 6.45) is 0. The van der Waals surface area contributed by atoms with Crippen molar-refractivity contribution in [2.45, 2.75) is 0 Å². The molecule has 0 saturated heterocycles. The van der Waals surface area contributed by atoms with Crippen LogP contribution in [0.3, 0.4) is 0 Å². The minimum absolute atomic E-state index is 0.00774. The fourth-order valence-corrected chi connectivity index (χ4v) is 5.72. The average Bonchev–Trinajstić information content (AvgIpc) is 3.41. The quantitative estimate of drug-likeness (QED) is 0.198. The van der Waals surface area contributed by atoms with Crippen molar-refractivity contribution in [3.05, 3.63) is 175 Å². The molecule has 2 aromatic heterocycles. The number of rotatable bonds is 6. The fourth-order valence-electron chi connectivity index (χ4n) is 5.72. The SMILES string of the molecule is O=C(c1ccccc1)c1c(-c2ccccc2)c(-c2ccccc2)n2c(-c3ccccc3)cc(-c3ccccc3)cc12. The molecule has 0 unspecified atom stereocenters. The minimum Gasteiger partial charge on any atom is -0.308 e. The summed E-state index contributed by atoms with van der Waals surface area (Å²) in [6.45, 7) is 0. The molecule has 0 aliphatic carbocycles. The maximum atomic E-state index is 14.6. The van der Waals surface area contributed by atoms with Crippen LogP contribution in [0.2, 0.25) is 0 Å². The molecule has 0 amide bonds. The highest BCUT2D eigenvalue weighted by Crippen LogP contribution is 2.44. The van der Waals surface area contributed by atoms with Crippen LogP contribution < -0.4 is 0 Å². The van der Waals surface area contributed by atoms with Crippen LogP contribution in [-0.2, 0) is 0 Å². The lowest BCUT2D eigenvalue weighted by atomic mass is 9.92. The molecule has 0 saturated carbocycles. The standard InChI is InChI=1S/C39H27NO/c41-39(32-24-14-5-15-25-32)37-35-27-33(28-16-6-1-7-17-28)26-34(29-18-8-2-9-19-29)40(35)38(31-22-12-4-13-23-31)36(37)30-20-10-3-11-21-30/h1-27H. The Bertz CT molecular complexity index is 1960. The van der Waals surface area contributed by atoms with Crippen LogP contribution >= 0.6 is 0 Å². The van der Waals surface area contributed by atoms with Crippen molar-refractivity contribution in [1.29, 1.82) is 0 Å². The summed E-state index contributed by atoms with van der Waals surface area (Å²) in [4.78, 5) is 14.6. The molecule has 2 nitrogen and oxygen atoms in total. The number of carbonyl (C=O) groups excluding carboxylic acids is 1. The van der Waals surface area contributed by atoms with Gasteiger partial charge in [0.2, 0.25) is 0 Å². The number of fused-ring (bicyclic) bond motifs is 1.